The van der Waals surface area contributed by atoms with Gasteiger partial charge in [0, 0.05) is 35.8 Å². The van der Waals surface area contributed by atoms with Crippen LogP contribution in [0.3, 0.4) is 0 Å². The molecule has 1 aromatic heterocycles. The average molecular weight is 397 g/mol. The van der Waals surface area contributed by atoms with Gasteiger partial charge < -0.3 is 10.6 Å². The Morgan fingerprint density at radius 3 is 2.23 bits per heavy atom. The maximum absolute atomic E-state index is 12.2. The van der Waals surface area contributed by atoms with E-state index in [0.29, 0.717) is 11.6 Å². The van der Waals surface area contributed by atoms with Crippen LogP contribution in [0.15, 0.2) is 79.1 Å². The summed E-state index contributed by atoms with van der Waals surface area (Å²) in [5, 5.41) is 5.82. The number of hydrogen-bond acceptors (Lipinski definition) is 3. The van der Waals surface area contributed by atoms with Gasteiger partial charge in [-0.15, -0.1) is 0 Å². The maximum Gasteiger partial charge on any atom is 0.251 e. The Morgan fingerprint density at radius 1 is 0.900 bits per heavy atom. The third kappa shape index (κ3) is 5.64. The second-order valence-electron chi connectivity index (χ2n) is 7.42. The predicted octanol–water partition coefficient (Wildman–Crippen LogP) is 4.22. The molecule has 0 bridgehead atoms. The van der Waals surface area contributed by atoms with Crippen molar-refractivity contribution in [2.24, 2.45) is 0 Å². The summed E-state index contributed by atoms with van der Waals surface area (Å²) in [6.45, 7) is 0. The molecule has 1 saturated carbocycles. The van der Waals surface area contributed by atoms with E-state index in [9.17, 15) is 9.59 Å². The number of nitrogens with one attached hydrogen (secondary N) is 2. The molecule has 30 heavy (non-hydrogen) atoms. The molecule has 3 aromatic rings. The first-order valence-corrected chi connectivity index (χ1v) is 10.0. The van der Waals surface area contributed by atoms with Crippen LogP contribution in [-0.4, -0.2) is 22.8 Å². The van der Waals surface area contributed by atoms with E-state index in [2.05, 4.69) is 15.6 Å². The zero-order chi connectivity index (χ0) is 20.8. The average Bonchev–Trinajstić information content (AvgIpc) is 3.59. The SMILES string of the molecule is O=C(/C=C/c1ccc(C(=O)NC2CC2)cc1)Nc1ccc(Cc2ccncc2)cc1. The van der Waals surface area contributed by atoms with Crippen molar-refractivity contribution in [3.8, 4) is 0 Å². The molecule has 1 aliphatic rings. The molecule has 5 nitrogen and oxygen atoms in total. The predicted molar refractivity (Wildman–Crippen MR) is 118 cm³/mol. The van der Waals surface area contributed by atoms with Crippen LogP contribution in [0.1, 0.15) is 39.9 Å². The summed E-state index contributed by atoms with van der Waals surface area (Å²) in [6.07, 6.45) is 9.74. The second-order valence-corrected chi connectivity index (χ2v) is 7.42. The lowest BCUT2D eigenvalue weighted by Gasteiger charge is -2.05. The summed E-state index contributed by atoms with van der Waals surface area (Å²) < 4.78 is 0. The van der Waals surface area contributed by atoms with E-state index in [1.165, 1.54) is 17.2 Å². The Morgan fingerprint density at radius 2 is 1.57 bits per heavy atom. The lowest BCUT2D eigenvalue weighted by atomic mass is 10.1. The van der Waals surface area contributed by atoms with E-state index in [-0.39, 0.29) is 11.8 Å². The highest BCUT2D eigenvalue weighted by Gasteiger charge is 2.23. The van der Waals surface area contributed by atoms with Crippen molar-refractivity contribution >= 4 is 23.6 Å². The smallest absolute Gasteiger partial charge is 0.251 e. The zero-order valence-electron chi connectivity index (χ0n) is 16.5. The first kappa shape index (κ1) is 19.6. The van der Waals surface area contributed by atoms with Crippen LogP contribution in [0.25, 0.3) is 6.08 Å². The molecule has 0 unspecified atom stereocenters. The van der Waals surface area contributed by atoms with Gasteiger partial charge in [-0.05, 0) is 78.4 Å². The summed E-state index contributed by atoms with van der Waals surface area (Å²) in [4.78, 5) is 28.2. The fourth-order valence-corrected chi connectivity index (χ4v) is 3.04. The Balaban J connectivity index is 1.29. The number of anilines is 1. The number of hydrogen-bond donors (Lipinski definition) is 2. The lowest BCUT2D eigenvalue weighted by molar-refractivity contribution is -0.111. The van der Waals surface area contributed by atoms with Gasteiger partial charge in [0.2, 0.25) is 5.91 Å². The maximum atomic E-state index is 12.2. The van der Waals surface area contributed by atoms with Crippen molar-refractivity contribution in [1.29, 1.82) is 0 Å². The largest absolute Gasteiger partial charge is 0.349 e. The fourth-order valence-electron chi connectivity index (χ4n) is 3.04. The highest BCUT2D eigenvalue weighted by Crippen LogP contribution is 2.19. The first-order chi connectivity index (χ1) is 14.7. The molecular weight excluding hydrogens is 374 g/mol. The van der Waals surface area contributed by atoms with Crippen molar-refractivity contribution < 1.29 is 9.59 Å². The molecule has 5 heteroatoms. The quantitative estimate of drug-likeness (QED) is 0.587. The summed E-state index contributed by atoms with van der Waals surface area (Å²) in [6, 6.07) is 19.3. The van der Waals surface area contributed by atoms with Gasteiger partial charge in [-0.25, -0.2) is 0 Å². The molecule has 1 fully saturated rings. The minimum atomic E-state index is -0.201. The van der Waals surface area contributed by atoms with E-state index < -0.39 is 0 Å². The number of aromatic nitrogens is 1. The molecule has 0 spiro atoms. The van der Waals surface area contributed by atoms with E-state index in [0.717, 1.165) is 30.5 Å². The normalized spacial score (nSPS) is 13.2. The van der Waals surface area contributed by atoms with Crippen LogP contribution >= 0.6 is 0 Å². The van der Waals surface area contributed by atoms with Gasteiger partial charge in [0.05, 0.1) is 0 Å². The van der Waals surface area contributed by atoms with Crippen LogP contribution in [-0.2, 0) is 11.2 Å². The highest BCUT2D eigenvalue weighted by atomic mass is 16.2. The van der Waals surface area contributed by atoms with Crippen LogP contribution in [0.4, 0.5) is 5.69 Å². The molecule has 0 saturated heterocycles. The lowest BCUT2D eigenvalue weighted by Crippen LogP contribution is -2.25. The minimum Gasteiger partial charge on any atom is -0.349 e. The van der Waals surface area contributed by atoms with Gasteiger partial charge >= 0.3 is 0 Å². The topological polar surface area (TPSA) is 71.1 Å². The molecule has 2 aromatic carbocycles. The molecule has 2 amide bonds. The van der Waals surface area contributed by atoms with E-state index in [1.807, 2.05) is 48.5 Å². The van der Waals surface area contributed by atoms with Crippen molar-refractivity contribution in [1.82, 2.24) is 10.3 Å². The number of rotatable bonds is 7. The molecule has 0 radical (unpaired) electrons. The Bertz CT molecular complexity index is 1040. The molecule has 0 aliphatic heterocycles. The number of nitrogens with zero attached hydrogens (tertiary/aromatic N) is 1. The van der Waals surface area contributed by atoms with Crippen LogP contribution in [0, 0.1) is 0 Å². The number of carbonyl (C=O) groups is 2. The first-order valence-electron chi connectivity index (χ1n) is 10.0. The van der Waals surface area contributed by atoms with Gasteiger partial charge in [-0.2, -0.15) is 0 Å². The summed E-state index contributed by atoms with van der Waals surface area (Å²) in [5.41, 5.74) is 4.60. The van der Waals surface area contributed by atoms with Gasteiger partial charge in [0.15, 0.2) is 0 Å². The Hall–Kier alpha value is -3.73. The van der Waals surface area contributed by atoms with E-state index in [1.54, 1.807) is 30.6 Å². The third-order valence-electron chi connectivity index (χ3n) is 4.89. The summed E-state index contributed by atoms with van der Waals surface area (Å²) >= 11 is 0. The minimum absolute atomic E-state index is 0.0434. The van der Waals surface area contributed by atoms with Crippen molar-refractivity contribution in [3.05, 3.63) is 101 Å². The molecule has 4 rings (SSSR count). The molecule has 2 N–H and O–H groups in total. The monoisotopic (exact) mass is 397 g/mol. The van der Waals surface area contributed by atoms with E-state index in [4.69, 9.17) is 0 Å². The van der Waals surface area contributed by atoms with Crippen molar-refractivity contribution in [2.75, 3.05) is 5.32 Å². The highest BCUT2D eigenvalue weighted by molar-refractivity contribution is 6.02. The van der Waals surface area contributed by atoms with Crippen LogP contribution in [0.2, 0.25) is 0 Å². The molecule has 1 aliphatic carbocycles. The van der Waals surface area contributed by atoms with Crippen molar-refractivity contribution in [2.45, 2.75) is 25.3 Å². The third-order valence-corrected chi connectivity index (χ3v) is 4.89. The van der Waals surface area contributed by atoms with Crippen LogP contribution < -0.4 is 10.6 Å². The Kier molecular flexibility index (Phi) is 5.99. The van der Waals surface area contributed by atoms with Gasteiger partial charge in [0.1, 0.15) is 0 Å². The summed E-state index contributed by atoms with van der Waals surface area (Å²) in [7, 11) is 0. The molecule has 0 atom stereocenters. The fraction of sp³-hybridized carbons (Fsp3) is 0.160. The second kappa shape index (κ2) is 9.18. The van der Waals surface area contributed by atoms with E-state index >= 15 is 0 Å². The number of carbonyl (C=O) groups excluding carboxylic acids is 2. The molecule has 150 valence electrons. The zero-order valence-corrected chi connectivity index (χ0v) is 16.5. The van der Waals surface area contributed by atoms with Gasteiger partial charge in [-0.3, -0.25) is 14.6 Å². The number of pyridine rings is 1. The van der Waals surface area contributed by atoms with Gasteiger partial charge in [0.25, 0.3) is 5.91 Å². The molecule has 1 heterocycles. The van der Waals surface area contributed by atoms with Crippen LogP contribution in [0.5, 0.6) is 0 Å². The number of benzene rings is 2. The van der Waals surface area contributed by atoms with Crippen molar-refractivity contribution in [3.63, 3.8) is 0 Å². The number of amides is 2. The summed E-state index contributed by atoms with van der Waals surface area (Å²) in [5.74, 6) is -0.245. The van der Waals surface area contributed by atoms with Gasteiger partial charge in [-0.1, -0.05) is 24.3 Å². The standard InChI is InChI=1S/C25H23N3O2/c29-24(12-5-18-1-6-21(7-2-18)25(30)28-23-10-11-23)27-22-8-3-19(4-9-22)17-20-13-15-26-16-14-20/h1-9,12-16,23H,10-11,17H2,(H,27,29)(H,28,30)/b12-5+. The molecular formula is C25H23N3O2. The Labute approximate surface area is 175 Å².